The first kappa shape index (κ1) is 15.3. The monoisotopic (exact) mass is 269 g/mol. The molecule has 3 atom stereocenters. The number of rotatable bonds is 7. The van der Waals surface area contributed by atoms with E-state index in [1.54, 1.807) is 0 Å². The summed E-state index contributed by atoms with van der Waals surface area (Å²) in [6.07, 6.45) is 10.3. The molecule has 2 saturated heterocycles. The van der Waals surface area contributed by atoms with E-state index in [0.29, 0.717) is 12.1 Å². The Kier molecular flexibility index (Phi) is 6.11. The molecule has 0 aromatic heterocycles. The van der Waals surface area contributed by atoms with Crippen molar-refractivity contribution in [2.45, 2.75) is 83.0 Å². The van der Waals surface area contributed by atoms with Crippen molar-refractivity contribution in [3.8, 4) is 0 Å². The van der Waals surface area contributed by atoms with Crippen LogP contribution >= 0.6 is 0 Å². The molecule has 3 unspecified atom stereocenters. The van der Waals surface area contributed by atoms with E-state index in [4.69, 9.17) is 9.47 Å². The summed E-state index contributed by atoms with van der Waals surface area (Å²) in [6, 6.07) is 0.483. The van der Waals surface area contributed by atoms with E-state index in [2.05, 4.69) is 19.2 Å². The van der Waals surface area contributed by atoms with Crippen molar-refractivity contribution >= 4 is 0 Å². The summed E-state index contributed by atoms with van der Waals surface area (Å²) in [7, 11) is 0. The highest BCUT2D eigenvalue weighted by Crippen LogP contribution is 2.31. The molecule has 2 aliphatic heterocycles. The van der Waals surface area contributed by atoms with Gasteiger partial charge in [-0.1, -0.05) is 6.92 Å². The van der Waals surface area contributed by atoms with Crippen molar-refractivity contribution in [2.24, 2.45) is 0 Å². The Morgan fingerprint density at radius 2 is 2.16 bits per heavy atom. The van der Waals surface area contributed by atoms with E-state index < -0.39 is 0 Å². The molecule has 2 aliphatic rings. The van der Waals surface area contributed by atoms with Crippen molar-refractivity contribution in [1.29, 1.82) is 0 Å². The minimum Gasteiger partial charge on any atom is -0.378 e. The van der Waals surface area contributed by atoms with Gasteiger partial charge in [-0.2, -0.15) is 0 Å². The predicted octanol–water partition coefficient (Wildman–Crippen LogP) is 3.27. The number of hydrogen-bond donors (Lipinski definition) is 1. The van der Waals surface area contributed by atoms with Crippen molar-refractivity contribution in [3.05, 3.63) is 0 Å². The largest absolute Gasteiger partial charge is 0.378 e. The molecule has 3 nitrogen and oxygen atoms in total. The van der Waals surface area contributed by atoms with Crippen LogP contribution in [0.3, 0.4) is 0 Å². The molecule has 2 rings (SSSR count). The van der Waals surface area contributed by atoms with Gasteiger partial charge in [0, 0.05) is 19.3 Å². The summed E-state index contributed by atoms with van der Waals surface area (Å²) < 4.78 is 11.9. The Balaban J connectivity index is 1.85. The lowest BCUT2D eigenvalue weighted by molar-refractivity contribution is -0.0917. The molecule has 0 radical (unpaired) electrons. The van der Waals surface area contributed by atoms with Gasteiger partial charge in [-0.05, 0) is 64.8 Å². The summed E-state index contributed by atoms with van der Waals surface area (Å²) >= 11 is 0. The van der Waals surface area contributed by atoms with Gasteiger partial charge in [-0.15, -0.1) is 0 Å². The smallest absolute Gasteiger partial charge is 0.0806 e. The highest BCUT2D eigenvalue weighted by atomic mass is 16.5. The van der Waals surface area contributed by atoms with Gasteiger partial charge < -0.3 is 14.8 Å². The molecule has 112 valence electrons. The first-order chi connectivity index (χ1) is 9.24. The summed E-state index contributed by atoms with van der Waals surface area (Å²) in [6.45, 7) is 7.52. The number of nitrogens with one attached hydrogen (secondary N) is 1. The topological polar surface area (TPSA) is 30.5 Å². The average molecular weight is 269 g/mol. The molecule has 1 N–H and O–H groups in total. The summed E-state index contributed by atoms with van der Waals surface area (Å²) in [5.74, 6) is 0. The zero-order valence-corrected chi connectivity index (χ0v) is 12.7. The van der Waals surface area contributed by atoms with E-state index in [1.165, 1.54) is 51.4 Å². The molecule has 0 spiro atoms. The maximum atomic E-state index is 6.14. The second kappa shape index (κ2) is 7.61. The molecule has 0 aromatic carbocycles. The molecule has 0 aromatic rings. The van der Waals surface area contributed by atoms with Crippen LogP contribution in [0.25, 0.3) is 0 Å². The molecular formula is C16H31NO2. The number of hydrogen-bond acceptors (Lipinski definition) is 3. The zero-order valence-electron chi connectivity index (χ0n) is 12.7. The maximum Gasteiger partial charge on any atom is 0.0806 e. The van der Waals surface area contributed by atoms with Crippen LogP contribution in [0.5, 0.6) is 0 Å². The predicted molar refractivity (Wildman–Crippen MR) is 78.5 cm³/mol. The van der Waals surface area contributed by atoms with Crippen LogP contribution in [-0.2, 0) is 9.47 Å². The van der Waals surface area contributed by atoms with E-state index >= 15 is 0 Å². The van der Waals surface area contributed by atoms with Gasteiger partial charge in [0.25, 0.3) is 0 Å². The molecule has 0 saturated carbocycles. The summed E-state index contributed by atoms with van der Waals surface area (Å²) in [5, 5.41) is 3.72. The van der Waals surface area contributed by atoms with E-state index in [9.17, 15) is 0 Å². The highest BCUT2D eigenvalue weighted by Gasteiger charge is 2.36. The minimum absolute atomic E-state index is 0.0338. The Bertz CT molecular complexity index is 245. The van der Waals surface area contributed by atoms with Crippen molar-refractivity contribution in [2.75, 3.05) is 19.8 Å². The van der Waals surface area contributed by atoms with Gasteiger partial charge in [-0.3, -0.25) is 0 Å². The van der Waals surface area contributed by atoms with Crippen LogP contribution in [0.15, 0.2) is 0 Å². The van der Waals surface area contributed by atoms with Crippen LogP contribution in [-0.4, -0.2) is 37.5 Å². The summed E-state index contributed by atoms with van der Waals surface area (Å²) in [5.41, 5.74) is 0.0338. The van der Waals surface area contributed by atoms with Crippen molar-refractivity contribution in [1.82, 2.24) is 5.32 Å². The van der Waals surface area contributed by atoms with Crippen LogP contribution in [0.2, 0.25) is 0 Å². The standard InChI is InChI=1S/C16H31NO2/c1-3-11-17-15(9-8-14-7-6-12-18-14)16(2)10-4-5-13-19-16/h14-15,17H,3-13H2,1-2H3. The normalized spacial score (nSPS) is 33.5. The lowest BCUT2D eigenvalue weighted by Gasteiger charge is -2.41. The Labute approximate surface area is 118 Å². The fourth-order valence-corrected chi connectivity index (χ4v) is 3.40. The van der Waals surface area contributed by atoms with E-state index in [0.717, 1.165) is 19.8 Å². The number of ether oxygens (including phenoxy) is 2. The molecule has 2 heterocycles. The van der Waals surface area contributed by atoms with Crippen molar-refractivity contribution < 1.29 is 9.47 Å². The minimum atomic E-state index is 0.0338. The van der Waals surface area contributed by atoms with Gasteiger partial charge in [0.1, 0.15) is 0 Å². The first-order valence-electron chi connectivity index (χ1n) is 8.23. The van der Waals surface area contributed by atoms with Gasteiger partial charge >= 0.3 is 0 Å². The Morgan fingerprint density at radius 3 is 2.79 bits per heavy atom. The fraction of sp³-hybridized carbons (Fsp3) is 1.00. The second-order valence-corrected chi connectivity index (χ2v) is 6.34. The first-order valence-corrected chi connectivity index (χ1v) is 8.23. The third-order valence-electron chi connectivity index (χ3n) is 4.68. The van der Waals surface area contributed by atoms with Gasteiger partial charge in [0.05, 0.1) is 11.7 Å². The average Bonchev–Trinajstić information content (AvgIpc) is 2.92. The maximum absolute atomic E-state index is 6.14. The zero-order chi connectivity index (χ0) is 13.6. The van der Waals surface area contributed by atoms with Gasteiger partial charge in [0.15, 0.2) is 0 Å². The molecule has 0 amide bonds. The lowest BCUT2D eigenvalue weighted by atomic mass is 9.85. The van der Waals surface area contributed by atoms with Crippen LogP contribution in [0.1, 0.15) is 65.2 Å². The van der Waals surface area contributed by atoms with Crippen molar-refractivity contribution in [3.63, 3.8) is 0 Å². The third-order valence-corrected chi connectivity index (χ3v) is 4.68. The second-order valence-electron chi connectivity index (χ2n) is 6.34. The van der Waals surface area contributed by atoms with E-state index in [-0.39, 0.29) is 5.60 Å². The van der Waals surface area contributed by atoms with Crippen LogP contribution in [0, 0.1) is 0 Å². The quantitative estimate of drug-likeness (QED) is 0.769. The van der Waals surface area contributed by atoms with Crippen LogP contribution in [0.4, 0.5) is 0 Å². The molecule has 3 heteroatoms. The van der Waals surface area contributed by atoms with Crippen LogP contribution < -0.4 is 5.32 Å². The fourth-order valence-electron chi connectivity index (χ4n) is 3.40. The lowest BCUT2D eigenvalue weighted by Crippen LogP contribution is -2.52. The molecular weight excluding hydrogens is 238 g/mol. The van der Waals surface area contributed by atoms with Gasteiger partial charge in [-0.25, -0.2) is 0 Å². The van der Waals surface area contributed by atoms with Gasteiger partial charge in [0.2, 0.25) is 0 Å². The molecule has 19 heavy (non-hydrogen) atoms. The Hall–Kier alpha value is -0.120. The molecule has 0 bridgehead atoms. The third kappa shape index (κ3) is 4.44. The Morgan fingerprint density at radius 1 is 1.26 bits per heavy atom. The SMILES string of the molecule is CCCNC(CCC1CCCO1)C1(C)CCCCO1. The molecule has 0 aliphatic carbocycles. The highest BCUT2D eigenvalue weighted by molar-refractivity contribution is 4.92. The summed E-state index contributed by atoms with van der Waals surface area (Å²) in [4.78, 5) is 0. The van der Waals surface area contributed by atoms with E-state index in [1.807, 2.05) is 0 Å². The molecule has 2 fully saturated rings.